The number of ether oxygens (including phenoxy) is 2. The van der Waals surface area contributed by atoms with Gasteiger partial charge in [-0.05, 0) is 62.6 Å². The second-order valence-corrected chi connectivity index (χ2v) is 9.70. The van der Waals surface area contributed by atoms with E-state index in [-0.39, 0.29) is 23.5 Å². The van der Waals surface area contributed by atoms with Crippen molar-refractivity contribution in [3.63, 3.8) is 0 Å². The average molecular weight is 492 g/mol. The second kappa shape index (κ2) is 10.2. The number of aromatic amines is 1. The van der Waals surface area contributed by atoms with Crippen molar-refractivity contribution in [1.82, 2.24) is 9.88 Å². The molecular weight excluding hydrogens is 462 g/mol. The number of esters is 1. The Morgan fingerprint density at radius 3 is 2.33 bits per heavy atom. The molecule has 9 heteroatoms. The quantitative estimate of drug-likeness (QED) is 0.525. The van der Waals surface area contributed by atoms with Gasteiger partial charge in [-0.15, -0.1) is 0 Å². The lowest BCUT2D eigenvalue weighted by atomic mass is 10.1. The molecule has 2 N–H and O–H groups in total. The van der Waals surface area contributed by atoms with Crippen LogP contribution in [0, 0.1) is 0 Å². The van der Waals surface area contributed by atoms with Gasteiger partial charge in [-0.2, -0.15) is 0 Å². The summed E-state index contributed by atoms with van der Waals surface area (Å²) in [6, 6.07) is 15.0. The number of benzene rings is 2. The van der Waals surface area contributed by atoms with Gasteiger partial charge >= 0.3 is 12.1 Å². The van der Waals surface area contributed by atoms with Crippen molar-refractivity contribution in [1.29, 1.82) is 0 Å². The number of nitrogens with zero attached hydrogens (tertiary/aromatic N) is 1. The summed E-state index contributed by atoms with van der Waals surface area (Å²) in [5.74, 6) is -0.938. The zero-order chi connectivity index (χ0) is 25.9. The number of fused-ring (bicyclic) bond motifs is 1. The highest BCUT2D eigenvalue weighted by Crippen LogP contribution is 2.20. The van der Waals surface area contributed by atoms with Gasteiger partial charge < -0.3 is 24.7 Å². The minimum atomic E-state index is -0.557. The van der Waals surface area contributed by atoms with Crippen LogP contribution in [0.4, 0.5) is 10.5 Å². The summed E-state index contributed by atoms with van der Waals surface area (Å²) in [5, 5.41) is 3.89. The smallest absolute Gasteiger partial charge is 0.410 e. The molecule has 9 nitrogen and oxygen atoms in total. The van der Waals surface area contributed by atoms with Gasteiger partial charge in [-0.25, -0.2) is 9.59 Å². The predicted molar refractivity (Wildman–Crippen MR) is 135 cm³/mol. The number of rotatable bonds is 4. The van der Waals surface area contributed by atoms with E-state index in [4.69, 9.17) is 9.47 Å². The van der Waals surface area contributed by atoms with Gasteiger partial charge in [-0.1, -0.05) is 18.2 Å². The number of anilines is 1. The van der Waals surface area contributed by atoms with Gasteiger partial charge in [0.2, 0.25) is 0 Å². The molecule has 0 atom stereocenters. The summed E-state index contributed by atoms with van der Waals surface area (Å²) < 4.78 is 11.0. The van der Waals surface area contributed by atoms with E-state index in [9.17, 15) is 19.2 Å². The van der Waals surface area contributed by atoms with Gasteiger partial charge in [0.25, 0.3) is 11.5 Å². The van der Waals surface area contributed by atoms with Gasteiger partial charge in [0.1, 0.15) is 17.4 Å². The Morgan fingerprint density at radius 1 is 1.00 bits per heavy atom. The van der Waals surface area contributed by atoms with E-state index in [2.05, 4.69) is 10.3 Å². The van der Waals surface area contributed by atoms with Crippen LogP contribution in [0.2, 0.25) is 0 Å². The molecule has 2 heterocycles. The molecule has 1 aromatic heterocycles. The standard InChI is InChI=1S/C27H29N3O6/c1-27(2,3)36-26(34)30-14-12-20(13-15-30)35-25(33)17-8-10-19(11-9-17)28-24(32)22-16-18-6-4-5-7-21(18)23(31)29-22/h4-11,16,20H,12-15H2,1-3H3,(H,28,32)(H,29,31). The molecule has 0 spiro atoms. The lowest BCUT2D eigenvalue weighted by Crippen LogP contribution is -2.43. The first kappa shape index (κ1) is 25.0. The molecule has 1 aliphatic rings. The summed E-state index contributed by atoms with van der Waals surface area (Å²) in [5.41, 5.74) is 0.0599. The van der Waals surface area contributed by atoms with E-state index in [1.165, 1.54) is 0 Å². The summed E-state index contributed by atoms with van der Waals surface area (Å²) in [6.45, 7) is 6.37. The van der Waals surface area contributed by atoms with Crippen LogP contribution in [-0.4, -0.2) is 52.6 Å². The third-order valence-corrected chi connectivity index (χ3v) is 5.74. The van der Waals surface area contributed by atoms with E-state index < -0.39 is 17.5 Å². The largest absolute Gasteiger partial charge is 0.459 e. The molecule has 4 rings (SSSR count). The van der Waals surface area contributed by atoms with Crippen LogP contribution in [0.25, 0.3) is 10.8 Å². The average Bonchev–Trinajstić information content (AvgIpc) is 2.84. The molecule has 36 heavy (non-hydrogen) atoms. The predicted octanol–water partition coefficient (Wildman–Crippen LogP) is 4.34. The summed E-state index contributed by atoms with van der Waals surface area (Å²) in [7, 11) is 0. The first-order valence-corrected chi connectivity index (χ1v) is 11.8. The summed E-state index contributed by atoms with van der Waals surface area (Å²) in [6.07, 6.45) is 0.407. The van der Waals surface area contributed by atoms with Gasteiger partial charge in [0.05, 0.1) is 5.56 Å². The van der Waals surface area contributed by atoms with Crippen molar-refractivity contribution in [2.45, 2.75) is 45.3 Å². The number of H-pyrrole nitrogens is 1. The molecule has 1 aliphatic heterocycles. The number of piperidine rings is 1. The summed E-state index contributed by atoms with van der Waals surface area (Å²) in [4.78, 5) is 53.8. The van der Waals surface area contributed by atoms with Crippen LogP contribution in [0.5, 0.6) is 0 Å². The first-order chi connectivity index (χ1) is 17.1. The van der Waals surface area contributed by atoms with Gasteiger partial charge in [0, 0.05) is 37.0 Å². The van der Waals surface area contributed by atoms with E-state index >= 15 is 0 Å². The maximum absolute atomic E-state index is 12.6. The minimum Gasteiger partial charge on any atom is -0.459 e. The number of likely N-dealkylation sites (tertiary alicyclic amines) is 1. The third kappa shape index (κ3) is 6.10. The number of hydrogen-bond donors (Lipinski definition) is 2. The van der Waals surface area contributed by atoms with Crippen molar-refractivity contribution >= 4 is 34.4 Å². The normalized spacial score (nSPS) is 14.4. The molecular formula is C27H29N3O6. The Kier molecular flexibility index (Phi) is 7.10. The van der Waals surface area contributed by atoms with Gasteiger partial charge in [-0.3, -0.25) is 9.59 Å². The topological polar surface area (TPSA) is 118 Å². The summed E-state index contributed by atoms with van der Waals surface area (Å²) >= 11 is 0. The number of pyridine rings is 1. The fourth-order valence-electron chi connectivity index (χ4n) is 3.92. The second-order valence-electron chi connectivity index (χ2n) is 9.70. The van der Waals surface area contributed by atoms with Crippen LogP contribution in [-0.2, 0) is 9.47 Å². The zero-order valence-electron chi connectivity index (χ0n) is 20.5. The fourth-order valence-corrected chi connectivity index (χ4v) is 3.92. The number of carbonyl (C=O) groups excluding carboxylic acids is 3. The molecule has 188 valence electrons. The van der Waals surface area contributed by atoms with Crippen molar-refractivity contribution in [3.05, 3.63) is 76.2 Å². The Morgan fingerprint density at radius 2 is 1.67 bits per heavy atom. The molecule has 0 unspecified atom stereocenters. The number of aromatic nitrogens is 1. The van der Waals surface area contributed by atoms with E-state index in [0.29, 0.717) is 48.0 Å². The Balaban J connectivity index is 1.31. The van der Waals surface area contributed by atoms with Crippen LogP contribution in [0.3, 0.4) is 0 Å². The molecule has 2 amide bonds. The molecule has 0 bridgehead atoms. The highest BCUT2D eigenvalue weighted by Gasteiger charge is 2.28. The number of nitrogens with one attached hydrogen (secondary N) is 2. The van der Waals surface area contributed by atoms with Crippen molar-refractivity contribution in [3.8, 4) is 0 Å². The van der Waals surface area contributed by atoms with Crippen LogP contribution >= 0.6 is 0 Å². The van der Waals surface area contributed by atoms with Gasteiger partial charge in [0.15, 0.2) is 0 Å². The fraction of sp³-hybridized carbons (Fsp3) is 0.333. The van der Waals surface area contributed by atoms with Crippen LogP contribution in [0.15, 0.2) is 59.4 Å². The van der Waals surface area contributed by atoms with E-state index in [1.807, 2.05) is 20.8 Å². The molecule has 0 aliphatic carbocycles. The zero-order valence-corrected chi connectivity index (χ0v) is 20.5. The monoisotopic (exact) mass is 491 g/mol. The minimum absolute atomic E-state index is 0.139. The lowest BCUT2D eigenvalue weighted by molar-refractivity contribution is -0.00341. The van der Waals surface area contributed by atoms with Crippen LogP contribution < -0.4 is 10.9 Å². The number of hydrogen-bond acceptors (Lipinski definition) is 6. The van der Waals surface area contributed by atoms with Crippen molar-refractivity contribution in [2.75, 3.05) is 18.4 Å². The third-order valence-electron chi connectivity index (χ3n) is 5.74. The van der Waals surface area contributed by atoms with E-state index in [0.717, 1.165) is 0 Å². The van der Waals surface area contributed by atoms with Crippen LogP contribution in [0.1, 0.15) is 54.5 Å². The Hall–Kier alpha value is -4.14. The van der Waals surface area contributed by atoms with Crippen molar-refractivity contribution < 1.29 is 23.9 Å². The maximum Gasteiger partial charge on any atom is 0.410 e. The molecule has 1 fully saturated rings. The SMILES string of the molecule is CC(C)(C)OC(=O)N1CCC(OC(=O)c2ccc(NC(=O)c3cc4ccccc4c(=O)[nH]3)cc2)CC1. The highest BCUT2D eigenvalue weighted by atomic mass is 16.6. The highest BCUT2D eigenvalue weighted by molar-refractivity contribution is 6.05. The molecule has 0 saturated carbocycles. The lowest BCUT2D eigenvalue weighted by Gasteiger charge is -2.33. The number of carbonyl (C=O) groups is 3. The molecule has 0 radical (unpaired) electrons. The Bertz CT molecular complexity index is 1330. The molecule has 1 saturated heterocycles. The first-order valence-electron chi connectivity index (χ1n) is 11.8. The van der Waals surface area contributed by atoms with E-state index in [1.54, 1.807) is 59.5 Å². The Labute approximate surface area is 208 Å². The number of amides is 2. The molecule has 2 aromatic carbocycles. The van der Waals surface area contributed by atoms with Crippen molar-refractivity contribution in [2.24, 2.45) is 0 Å². The maximum atomic E-state index is 12.6. The molecule has 3 aromatic rings.